The maximum absolute atomic E-state index is 5.55. The van der Waals surface area contributed by atoms with Gasteiger partial charge in [0, 0.05) is 44.2 Å². The second-order valence-corrected chi connectivity index (χ2v) is 4.74. The summed E-state index contributed by atoms with van der Waals surface area (Å²) in [4.78, 5) is 2.29. The van der Waals surface area contributed by atoms with Crippen molar-refractivity contribution in [2.24, 2.45) is 0 Å². The molecule has 1 heterocycles. The van der Waals surface area contributed by atoms with Crippen LogP contribution in [0.2, 0.25) is 0 Å². The molecule has 0 bridgehead atoms. The molecular formula is C15H22N2O2. The highest BCUT2D eigenvalue weighted by Crippen LogP contribution is 2.21. The Morgan fingerprint density at radius 3 is 2.95 bits per heavy atom. The van der Waals surface area contributed by atoms with Crippen molar-refractivity contribution >= 4 is 11.0 Å². The third kappa shape index (κ3) is 4.06. The maximum Gasteiger partial charge on any atom is 0.134 e. The summed E-state index contributed by atoms with van der Waals surface area (Å²) in [6.07, 6.45) is 1.86. The van der Waals surface area contributed by atoms with Crippen LogP contribution < -0.4 is 5.32 Å². The Morgan fingerprint density at radius 2 is 2.11 bits per heavy atom. The van der Waals surface area contributed by atoms with Gasteiger partial charge in [-0.05, 0) is 13.1 Å². The molecule has 104 valence electrons. The van der Waals surface area contributed by atoms with Crippen molar-refractivity contribution in [3.8, 4) is 0 Å². The van der Waals surface area contributed by atoms with E-state index in [-0.39, 0.29) is 0 Å². The number of nitrogens with zero attached hydrogens (tertiary/aromatic N) is 1. The summed E-state index contributed by atoms with van der Waals surface area (Å²) >= 11 is 0. The number of benzene rings is 1. The first-order chi connectivity index (χ1) is 9.31. The van der Waals surface area contributed by atoms with Gasteiger partial charge in [-0.2, -0.15) is 0 Å². The van der Waals surface area contributed by atoms with Gasteiger partial charge in [-0.15, -0.1) is 0 Å². The molecule has 0 aliphatic carbocycles. The minimum atomic E-state index is 0.760. The molecule has 0 saturated carbocycles. The van der Waals surface area contributed by atoms with Crippen molar-refractivity contribution in [3.63, 3.8) is 0 Å². The van der Waals surface area contributed by atoms with Crippen LogP contribution >= 0.6 is 0 Å². The van der Waals surface area contributed by atoms with Crippen LogP contribution in [0.5, 0.6) is 0 Å². The maximum atomic E-state index is 5.55. The van der Waals surface area contributed by atoms with Gasteiger partial charge in [-0.3, -0.25) is 0 Å². The molecule has 4 heteroatoms. The van der Waals surface area contributed by atoms with E-state index in [0.717, 1.165) is 38.4 Å². The molecule has 0 spiro atoms. The third-order valence-corrected chi connectivity index (χ3v) is 3.15. The number of rotatable bonds is 8. The predicted molar refractivity (Wildman–Crippen MR) is 77.3 cm³/mol. The van der Waals surface area contributed by atoms with Crippen LogP contribution in [0.4, 0.5) is 0 Å². The Bertz CT molecular complexity index is 496. The topological polar surface area (TPSA) is 37.6 Å². The van der Waals surface area contributed by atoms with E-state index < -0.39 is 0 Å². The molecular weight excluding hydrogens is 240 g/mol. The molecule has 0 atom stereocenters. The molecule has 0 radical (unpaired) electrons. The fraction of sp³-hybridized carbons (Fsp3) is 0.467. The summed E-state index contributed by atoms with van der Waals surface area (Å²) in [5.41, 5.74) is 2.21. The minimum Gasteiger partial charge on any atom is -0.464 e. The number of ether oxygens (including phenoxy) is 1. The Morgan fingerprint density at radius 1 is 1.26 bits per heavy atom. The Labute approximate surface area is 114 Å². The van der Waals surface area contributed by atoms with Gasteiger partial charge in [-0.25, -0.2) is 0 Å². The highest BCUT2D eigenvalue weighted by Gasteiger charge is 2.07. The normalized spacial score (nSPS) is 11.5. The van der Waals surface area contributed by atoms with Gasteiger partial charge >= 0.3 is 0 Å². The lowest BCUT2D eigenvalue weighted by Gasteiger charge is -2.16. The van der Waals surface area contributed by atoms with Crippen molar-refractivity contribution in [1.29, 1.82) is 0 Å². The van der Waals surface area contributed by atoms with E-state index in [4.69, 9.17) is 9.15 Å². The molecule has 0 aliphatic rings. The monoisotopic (exact) mass is 262 g/mol. The average molecular weight is 262 g/mol. The number of likely N-dealkylation sites (N-methyl/N-ethyl adjacent to an activating group) is 1. The molecule has 0 unspecified atom stereocenters. The van der Waals surface area contributed by atoms with E-state index in [2.05, 4.69) is 23.3 Å². The summed E-state index contributed by atoms with van der Waals surface area (Å²) in [5.74, 6) is 0. The van der Waals surface area contributed by atoms with Gasteiger partial charge in [0.15, 0.2) is 0 Å². The zero-order valence-electron chi connectivity index (χ0n) is 11.7. The number of hydrogen-bond donors (Lipinski definition) is 1. The molecule has 0 amide bonds. The van der Waals surface area contributed by atoms with Gasteiger partial charge in [0.05, 0.1) is 12.9 Å². The predicted octanol–water partition coefficient (Wildman–Crippen LogP) is 2.10. The van der Waals surface area contributed by atoms with E-state index in [0.29, 0.717) is 0 Å². The second kappa shape index (κ2) is 7.28. The smallest absolute Gasteiger partial charge is 0.134 e. The quantitative estimate of drug-likeness (QED) is 0.739. The largest absolute Gasteiger partial charge is 0.464 e. The van der Waals surface area contributed by atoms with E-state index >= 15 is 0 Å². The average Bonchev–Trinajstić information content (AvgIpc) is 2.82. The molecule has 2 rings (SSSR count). The van der Waals surface area contributed by atoms with Crippen molar-refractivity contribution in [2.45, 2.75) is 6.54 Å². The second-order valence-electron chi connectivity index (χ2n) is 4.74. The minimum absolute atomic E-state index is 0.760. The van der Waals surface area contributed by atoms with Crippen LogP contribution in [0.1, 0.15) is 5.56 Å². The van der Waals surface area contributed by atoms with E-state index in [1.165, 1.54) is 10.9 Å². The Kier molecular flexibility index (Phi) is 5.39. The van der Waals surface area contributed by atoms with Crippen molar-refractivity contribution in [2.75, 3.05) is 40.4 Å². The lowest BCUT2D eigenvalue weighted by molar-refractivity contribution is 0.197. The van der Waals surface area contributed by atoms with Gasteiger partial charge in [0.1, 0.15) is 5.58 Å². The van der Waals surface area contributed by atoms with Crippen molar-refractivity contribution in [3.05, 3.63) is 36.1 Å². The van der Waals surface area contributed by atoms with Gasteiger partial charge in [-0.1, -0.05) is 18.2 Å². The molecule has 0 fully saturated rings. The van der Waals surface area contributed by atoms with E-state index in [1.807, 2.05) is 24.5 Å². The highest BCUT2D eigenvalue weighted by atomic mass is 16.5. The van der Waals surface area contributed by atoms with Crippen LogP contribution in [0.25, 0.3) is 11.0 Å². The van der Waals surface area contributed by atoms with Crippen molar-refractivity contribution < 1.29 is 9.15 Å². The van der Waals surface area contributed by atoms with E-state index in [1.54, 1.807) is 7.11 Å². The van der Waals surface area contributed by atoms with Crippen LogP contribution in [0.3, 0.4) is 0 Å². The molecule has 1 N–H and O–H groups in total. The van der Waals surface area contributed by atoms with Crippen LogP contribution in [0.15, 0.2) is 34.9 Å². The first-order valence-electron chi connectivity index (χ1n) is 6.64. The molecule has 2 aromatic rings. The van der Waals surface area contributed by atoms with Crippen LogP contribution in [-0.2, 0) is 11.3 Å². The zero-order chi connectivity index (χ0) is 13.5. The van der Waals surface area contributed by atoms with Crippen LogP contribution in [-0.4, -0.2) is 45.3 Å². The number of fused-ring (bicyclic) bond motifs is 1. The fourth-order valence-corrected chi connectivity index (χ4v) is 2.09. The van der Waals surface area contributed by atoms with Gasteiger partial charge in [0.25, 0.3) is 0 Å². The number of nitrogens with one attached hydrogen (secondary N) is 1. The highest BCUT2D eigenvalue weighted by molar-refractivity contribution is 5.80. The lowest BCUT2D eigenvalue weighted by Crippen LogP contribution is -2.30. The standard InChI is InChI=1S/C15H22N2O2/c1-17(9-7-16-8-10-18-2)11-13-12-19-15-6-4-3-5-14(13)15/h3-6,12,16H,7-11H2,1-2H3. The zero-order valence-corrected chi connectivity index (χ0v) is 11.7. The van der Waals surface area contributed by atoms with Gasteiger partial charge in [0.2, 0.25) is 0 Å². The SMILES string of the molecule is COCCNCCN(C)Cc1coc2ccccc12. The summed E-state index contributed by atoms with van der Waals surface area (Å²) in [7, 11) is 3.84. The molecule has 1 aromatic carbocycles. The Balaban J connectivity index is 1.80. The van der Waals surface area contributed by atoms with Crippen molar-refractivity contribution in [1.82, 2.24) is 10.2 Å². The summed E-state index contributed by atoms with van der Waals surface area (Å²) in [6, 6.07) is 8.16. The molecule has 0 saturated heterocycles. The molecule has 4 nitrogen and oxygen atoms in total. The molecule has 0 aliphatic heterocycles. The Hall–Kier alpha value is -1.36. The third-order valence-electron chi connectivity index (χ3n) is 3.15. The number of para-hydroxylation sites is 1. The first kappa shape index (κ1) is 14.1. The van der Waals surface area contributed by atoms with E-state index in [9.17, 15) is 0 Å². The number of furan rings is 1. The first-order valence-corrected chi connectivity index (χ1v) is 6.64. The fourth-order valence-electron chi connectivity index (χ4n) is 2.09. The number of hydrogen-bond acceptors (Lipinski definition) is 4. The summed E-state index contributed by atoms with van der Waals surface area (Å²) in [6.45, 7) is 4.54. The molecule has 19 heavy (non-hydrogen) atoms. The summed E-state index contributed by atoms with van der Waals surface area (Å²) < 4.78 is 10.5. The van der Waals surface area contributed by atoms with Gasteiger partial charge < -0.3 is 19.4 Å². The van der Waals surface area contributed by atoms with Crippen LogP contribution in [0, 0.1) is 0 Å². The number of methoxy groups -OCH3 is 1. The summed E-state index contributed by atoms with van der Waals surface area (Å²) in [5, 5.41) is 4.55. The molecule has 1 aromatic heterocycles. The lowest BCUT2D eigenvalue weighted by atomic mass is 10.2.